The van der Waals surface area contributed by atoms with E-state index in [9.17, 15) is 28.1 Å². The van der Waals surface area contributed by atoms with E-state index in [1.54, 1.807) is 24.4 Å². The van der Waals surface area contributed by atoms with Crippen molar-refractivity contribution in [1.29, 1.82) is 0 Å². The van der Waals surface area contributed by atoms with Crippen LogP contribution in [-0.4, -0.2) is 41.8 Å². The van der Waals surface area contributed by atoms with Gasteiger partial charge in [0.15, 0.2) is 17.0 Å². The molecule has 15 heteroatoms. The third kappa shape index (κ3) is 4.39. The van der Waals surface area contributed by atoms with E-state index in [1.807, 2.05) is 0 Å². The quantitative estimate of drug-likeness (QED) is 0.316. The van der Waals surface area contributed by atoms with Gasteiger partial charge in [0, 0.05) is 6.54 Å². The predicted molar refractivity (Wildman–Crippen MR) is 112 cm³/mol. The highest BCUT2D eigenvalue weighted by Gasteiger charge is 2.36. The van der Waals surface area contributed by atoms with Crippen molar-refractivity contribution in [2.75, 3.05) is 6.54 Å². The Labute approximate surface area is 191 Å². The molecule has 172 valence electrons. The van der Waals surface area contributed by atoms with Gasteiger partial charge in [0.1, 0.15) is 5.02 Å². The zero-order valence-electron chi connectivity index (χ0n) is 16.6. The molecule has 0 bridgehead atoms. The summed E-state index contributed by atoms with van der Waals surface area (Å²) in [5, 5.41) is 22.2. The van der Waals surface area contributed by atoms with Gasteiger partial charge in [0.25, 0.3) is 5.91 Å². The van der Waals surface area contributed by atoms with Crippen LogP contribution < -0.4 is 5.32 Å². The fourth-order valence-electron chi connectivity index (χ4n) is 3.06. The van der Waals surface area contributed by atoms with Crippen molar-refractivity contribution in [1.82, 2.24) is 29.7 Å². The number of rotatable bonds is 6. The summed E-state index contributed by atoms with van der Waals surface area (Å²) < 4.78 is 42.9. The molecule has 0 saturated heterocycles. The lowest BCUT2D eigenvalue weighted by Gasteiger charge is -2.10. The maximum absolute atomic E-state index is 13.7. The number of aromatic nitrogens is 5. The lowest BCUT2D eigenvalue weighted by molar-refractivity contribution is -0.389. The lowest BCUT2D eigenvalue weighted by atomic mass is 10.2. The Morgan fingerprint density at radius 2 is 2.09 bits per heavy atom. The van der Waals surface area contributed by atoms with Crippen LogP contribution in [0.15, 0.2) is 29.6 Å². The van der Waals surface area contributed by atoms with Crippen LogP contribution in [0.4, 0.5) is 19.0 Å². The van der Waals surface area contributed by atoms with E-state index in [2.05, 4.69) is 20.5 Å². The Hall–Kier alpha value is -3.52. The smallest absolute Gasteiger partial charge is 0.358 e. The highest BCUT2D eigenvalue weighted by Crippen LogP contribution is 2.35. The van der Waals surface area contributed by atoms with Crippen LogP contribution in [0, 0.1) is 17.0 Å². The molecule has 0 aromatic carbocycles. The van der Waals surface area contributed by atoms with Gasteiger partial charge < -0.3 is 15.4 Å². The van der Waals surface area contributed by atoms with Gasteiger partial charge in [-0.3, -0.25) is 4.79 Å². The van der Waals surface area contributed by atoms with Crippen molar-refractivity contribution < 1.29 is 22.9 Å². The number of carbonyl (C=O) groups is 1. The summed E-state index contributed by atoms with van der Waals surface area (Å²) >= 11 is 7.41. The number of nitrogens with one attached hydrogen (secondary N) is 1. The summed E-state index contributed by atoms with van der Waals surface area (Å²) in [5.41, 5.74) is -1.31. The molecule has 0 saturated carbocycles. The Morgan fingerprint density at radius 3 is 2.70 bits per heavy atom. The van der Waals surface area contributed by atoms with Gasteiger partial charge in [-0.15, -0.1) is 11.3 Å². The van der Waals surface area contributed by atoms with Crippen molar-refractivity contribution >= 4 is 40.3 Å². The van der Waals surface area contributed by atoms with Crippen LogP contribution in [0.25, 0.3) is 16.2 Å². The maximum Gasteiger partial charge on any atom is 0.433 e. The second-order valence-corrected chi connectivity index (χ2v) is 8.11. The first kappa shape index (κ1) is 22.7. The maximum atomic E-state index is 13.7. The number of amides is 1. The number of halogens is 4. The molecule has 0 unspecified atom stereocenters. The van der Waals surface area contributed by atoms with Crippen molar-refractivity contribution in [2.24, 2.45) is 0 Å². The summed E-state index contributed by atoms with van der Waals surface area (Å²) in [6.07, 6.45) is -4.78. The number of nitro groups is 1. The molecule has 33 heavy (non-hydrogen) atoms. The molecule has 0 aliphatic heterocycles. The third-order valence-corrected chi connectivity index (χ3v) is 5.82. The topological polar surface area (TPSA) is 120 Å². The first-order chi connectivity index (χ1) is 15.6. The van der Waals surface area contributed by atoms with Gasteiger partial charge in [0.2, 0.25) is 0 Å². The number of nitrogens with zero attached hydrogens (tertiary/aromatic N) is 6. The number of alkyl halides is 3. The molecule has 0 fully saturated rings. The standard InChI is InChI=1S/C18H13ClF3N7O3S/c1-9-7-13(29(31)32)25-27(9)5-4-23-17(30)15-14(19)16-24-10(11-3-2-6-33-11)8-12(18(20,21)22)28(16)26-15/h2-3,6-8H,4-5H2,1H3,(H,23,30). The average Bonchev–Trinajstić information content (AvgIpc) is 3.47. The molecule has 4 heterocycles. The minimum absolute atomic E-state index is 0.0251. The molecule has 4 aromatic heterocycles. The second-order valence-electron chi connectivity index (χ2n) is 6.78. The molecule has 0 atom stereocenters. The summed E-state index contributed by atoms with van der Waals surface area (Å²) in [4.78, 5) is 27.4. The predicted octanol–water partition coefficient (Wildman–Crippen LogP) is 3.97. The highest BCUT2D eigenvalue weighted by molar-refractivity contribution is 7.13. The molecule has 0 aliphatic rings. The van der Waals surface area contributed by atoms with Crippen molar-refractivity contribution in [3.63, 3.8) is 0 Å². The lowest BCUT2D eigenvalue weighted by Crippen LogP contribution is -2.28. The minimum Gasteiger partial charge on any atom is -0.358 e. The number of hydrogen-bond acceptors (Lipinski definition) is 7. The fourth-order valence-corrected chi connectivity index (χ4v) is 3.99. The van der Waals surface area contributed by atoms with Crippen molar-refractivity contribution in [3.8, 4) is 10.6 Å². The van der Waals surface area contributed by atoms with E-state index < -0.39 is 28.4 Å². The fraction of sp³-hybridized carbons (Fsp3) is 0.222. The van der Waals surface area contributed by atoms with Gasteiger partial charge in [-0.1, -0.05) is 17.7 Å². The average molecular weight is 500 g/mol. The highest BCUT2D eigenvalue weighted by atomic mass is 35.5. The zero-order valence-corrected chi connectivity index (χ0v) is 18.2. The van der Waals surface area contributed by atoms with Crippen LogP contribution in [0.2, 0.25) is 5.02 Å². The SMILES string of the molecule is Cc1cc([N+](=O)[O-])nn1CCNC(=O)c1nn2c(C(F)(F)F)cc(-c3cccs3)nc2c1Cl. The van der Waals surface area contributed by atoms with E-state index >= 15 is 0 Å². The molecule has 4 rings (SSSR count). The van der Waals surface area contributed by atoms with Gasteiger partial charge in [-0.05, 0) is 29.4 Å². The number of fused-ring (bicyclic) bond motifs is 1. The van der Waals surface area contributed by atoms with E-state index in [4.69, 9.17) is 11.6 Å². The number of thiophene rings is 1. The van der Waals surface area contributed by atoms with E-state index in [-0.39, 0.29) is 35.3 Å². The molecule has 4 aromatic rings. The first-order valence-electron chi connectivity index (χ1n) is 9.23. The van der Waals surface area contributed by atoms with Crippen molar-refractivity contribution in [2.45, 2.75) is 19.6 Å². The molecular weight excluding hydrogens is 487 g/mol. The van der Waals surface area contributed by atoms with Crippen molar-refractivity contribution in [3.05, 3.63) is 61.9 Å². The molecule has 0 aliphatic carbocycles. The summed E-state index contributed by atoms with van der Waals surface area (Å²) in [5.74, 6) is -1.16. The van der Waals surface area contributed by atoms with Crippen LogP contribution in [-0.2, 0) is 12.7 Å². The summed E-state index contributed by atoms with van der Waals surface area (Å²) in [6, 6.07) is 5.41. The monoisotopic (exact) mass is 499 g/mol. The molecule has 0 radical (unpaired) electrons. The number of hydrogen-bond donors (Lipinski definition) is 1. The van der Waals surface area contributed by atoms with E-state index in [1.165, 1.54) is 22.1 Å². The molecular formula is C18H13ClF3N7O3S. The van der Waals surface area contributed by atoms with E-state index in [0.717, 1.165) is 6.07 Å². The van der Waals surface area contributed by atoms with E-state index in [0.29, 0.717) is 15.1 Å². The second kappa shape index (κ2) is 8.44. The molecule has 0 spiro atoms. The largest absolute Gasteiger partial charge is 0.433 e. The minimum atomic E-state index is -4.78. The van der Waals surface area contributed by atoms with Crippen LogP contribution >= 0.6 is 22.9 Å². The van der Waals surface area contributed by atoms with Crippen LogP contribution in [0.1, 0.15) is 21.9 Å². The number of carbonyl (C=O) groups excluding carboxylic acids is 1. The molecule has 10 nitrogen and oxygen atoms in total. The Morgan fingerprint density at radius 1 is 1.33 bits per heavy atom. The molecule has 1 amide bonds. The van der Waals surface area contributed by atoms with Crippen LogP contribution in [0.5, 0.6) is 0 Å². The zero-order chi connectivity index (χ0) is 23.9. The summed E-state index contributed by atoms with van der Waals surface area (Å²) in [6.45, 7) is 1.67. The Bertz CT molecular complexity index is 1370. The van der Waals surface area contributed by atoms with Gasteiger partial charge >= 0.3 is 12.0 Å². The van der Waals surface area contributed by atoms with Gasteiger partial charge in [-0.25, -0.2) is 9.50 Å². The Kier molecular flexibility index (Phi) is 5.80. The third-order valence-electron chi connectivity index (χ3n) is 4.58. The van der Waals surface area contributed by atoms with Crippen LogP contribution in [0.3, 0.4) is 0 Å². The van der Waals surface area contributed by atoms with Gasteiger partial charge in [-0.2, -0.15) is 23.0 Å². The number of aryl methyl sites for hydroxylation is 1. The summed E-state index contributed by atoms with van der Waals surface area (Å²) in [7, 11) is 0. The van der Waals surface area contributed by atoms with Gasteiger partial charge in [0.05, 0.1) is 34.0 Å². The molecule has 1 N–H and O–H groups in total. The normalized spacial score (nSPS) is 11.8. The Balaban J connectivity index is 1.62. The first-order valence-corrected chi connectivity index (χ1v) is 10.5.